The Kier molecular flexibility index (Phi) is 6.31. The van der Waals surface area contributed by atoms with Gasteiger partial charge in [-0.25, -0.2) is 4.79 Å². The molecule has 6 nitrogen and oxygen atoms in total. The molecule has 1 heterocycles. The zero-order chi connectivity index (χ0) is 17.4. The summed E-state index contributed by atoms with van der Waals surface area (Å²) in [7, 11) is 1.31. The number of nitrogens with zero attached hydrogens (tertiary/aromatic N) is 2. The second-order valence-corrected chi connectivity index (χ2v) is 5.14. The van der Waals surface area contributed by atoms with Gasteiger partial charge in [-0.05, 0) is 12.0 Å². The van der Waals surface area contributed by atoms with E-state index >= 15 is 0 Å². The van der Waals surface area contributed by atoms with E-state index in [9.17, 15) is 9.59 Å². The van der Waals surface area contributed by atoms with Crippen molar-refractivity contribution in [1.82, 2.24) is 15.1 Å². The zero-order valence-electron chi connectivity index (χ0n) is 13.9. The minimum absolute atomic E-state index is 0.208. The summed E-state index contributed by atoms with van der Waals surface area (Å²) < 4.78 is 6.33. The first-order chi connectivity index (χ1) is 11.7. The molecule has 0 unspecified atom stereocenters. The van der Waals surface area contributed by atoms with Gasteiger partial charge in [0.1, 0.15) is 0 Å². The third kappa shape index (κ3) is 4.55. The summed E-state index contributed by atoms with van der Waals surface area (Å²) in [5.41, 5.74) is 2.57. The molecule has 0 fully saturated rings. The summed E-state index contributed by atoms with van der Waals surface area (Å²) in [6.45, 7) is 2.87. The lowest BCUT2D eigenvalue weighted by molar-refractivity contribution is -0.134. The van der Waals surface area contributed by atoms with Crippen LogP contribution in [0, 0.1) is 0 Å². The summed E-state index contributed by atoms with van der Waals surface area (Å²) in [6, 6.07) is 9.97. The Morgan fingerprint density at radius 1 is 1.29 bits per heavy atom. The third-order valence-corrected chi connectivity index (χ3v) is 3.54. The van der Waals surface area contributed by atoms with Gasteiger partial charge >= 0.3 is 5.97 Å². The molecule has 1 aromatic carbocycles. The van der Waals surface area contributed by atoms with Crippen LogP contribution in [0.4, 0.5) is 0 Å². The van der Waals surface area contributed by atoms with Gasteiger partial charge < -0.3 is 10.1 Å². The Morgan fingerprint density at radius 2 is 2.04 bits per heavy atom. The summed E-state index contributed by atoms with van der Waals surface area (Å²) in [5.74, 6) is -0.658. The number of benzene rings is 1. The number of rotatable bonds is 7. The molecule has 2 aromatic rings. The van der Waals surface area contributed by atoms with E-state index in [0.29, 0.717) is 18.5 Å². The highest BCUT2D eigenvalue weighted by Crippen LogP contribution is 2.12. The lowest BCUT2D eigenvalue weighted by Gasteiger charge is -2.08. The quantitative estimate of drug-likeness (QED) is 0.623. The molecule has 0 saturated carbocycles. The van der Waals surface area contributed by atoms with Crippen molar-refractivity contribution in [2.75, 3.05) is 13.7 Å². The van der Waals surface area contributed by atoms with Crippen LogP contribution in [-0.4, -0.2) is 35.3 Å². The normalized spacial score (nSPS) is 10.8. The van der Waals surface area contributed by atoms with E-state index < -0.39 is 5.97 Å². The second kappa shape index (κ2) is 8.67. The van der Waals surface area contributed by atoms with Gasteiger partial charge in [0, 0.05) is 12.6 Å². The lowest BCUT2D eigenvalue weighted by atomic mass is 10.1. The summed E-state index contributed by atoms with van der Waals surface area (Å²) in [5, 5.41) is 7.08. The smallest absolute Gasteiger partial charge is 0.330 e. The molecule has 0 aliphatic heterocycles. The molecule has 2 rings (SSSR count). The van der Waals surface area contributed by atoms with E-state index in [0.717, 1.165) is 11.3 Å². The van der Waals surface area contributed by atoms with Crippen molar-refractivity contribution in [3.8, 4) is 0 Å². The van der Waals surface area contributed by atoms with E-state index in [1.807, 2.05) is 41.9 Å². The van der Waals surface area contributed by atoms with Crippen LogP contribution in [0.1, 0.15) is 28.5 Å². The van der Waals surface area contributed by atoms with Gasteiger partial charge in [-0.3, -0.25) is 9.48 Å². The van der Waals surface area contributed by atoms with Gasteiger partial charge in [0.25, 0.3) is 5.91 Å². The average Bonchev–Trinajstić information content (AvgIpc) is 3.01. The topological polar surface area (TPSA) is 73.2 Å². The van der Waals surface area contributed by atoms with Gasteiger partial charge in [-0.1, -0.05) is 43.3 Å². The van der Waals surface area contributed by atoms with Crippen LogP contribution in [-0.2, 0) is 22.5 Å². The molecule has 0 saturated heterocycles. The van der Waals surface area contributed by atoms with Crippen LogP contribution in [0.3, 0.4) is 0 Å². The summed E-state index contributed by atoms with van der Waals surface area (Å²) >= 11 is 0. The Balaban J connectivity index is 2.04. The number of methoxy groups -OCH3 is 1. The molecule has 0 spiro atoms. The highest BCUT2D eigenvalue weighted by Gasteiger charge is 2.15. The summed E-state index contributed by atoms with van der Waals surface area (Å²) in [6.07, 6.45) is 5.11. The average molecular weight is 327 g/mol. The van der Waals surface area contributed by atoms with Gasteiger partial charge in [0.05, 0.1) is 31.1 Å². The molecule has 0 aliphatic carbocycles. The van der Waals surface area contributed by atoms with Crippen LogP contribution in [0.15, 0.2) is 48.7 Å². The Morgan fingerprint density at radius 3 is 2.71 bits per heavy atom. The predicted molar refractivity (Wildman–Crippen MR) is 90.6 cm³/mol. The van der Waals surface area contributed by atoms with Gasteiger partial charge in [-0.15, -0.1) is 0 Å². The number of ether oxygens (including phenoxy) is 1. The Labute approximate surface area is 141 Å². The largest absolute Gasteiger partial charge is 0.466 e. The third-order valence-electron chi connectivity index (χ3n) is 3.54. The van der Waals surface area contributed by atoms with E-state index in [4.69, 9.17) is 0 Å². The number of hydrogen-bond donors (Lipinski definition) is 1. The SMILES string of the molecule is CCc1c(C(=O)NC/C=C/C(=O)OC)cnn1Cc1ccccc1. The molecular weight excluding hydrogens is 306 g/mol. The highest BCUT2D eigenvalue weighted by molar-refractivity contribution is 5.95. The Hall–Kier alpha value is -2.89. The second-order valence-electron chi connectivity index (χ2n) is 5.14. The first-order valence-electron chi connectivity index (χ1n) is 7.77. The molecule has 126 valence electrons. The number of carbonyl (C=O) groups is 2. The van der Waals surface area contributed by atoms with Crippen molar-refractivity contribution in [3.05, 3.63) is 65.5 Å². The maximum absolute atomic E-state index is 12.3. The maximum Gasteiger partial charge on any atom is 0.330 e. The van der Waals surface area contributed by atoms with Crippen molar-refractivity contribution in [1.29, 1.82) is 0 Å². The standard InChI is InChI=1S/C18H21N3O3/c1-3-16-15(18(23)19-11-7-10-17(22)24-2)12-20-21(16)13-14-8-5-4-6-9-14/h4-10,12H,3,11,13H2,1-2H3,(H,19,23)/b10-7+. The molecule has 1 aromatic heterocycles. The summed E-state index contributed by atoms with van der Waals surface area (Å²) in [4.78, 5) is 23.3. The fraction of sp³-hybridized carbons (Fsp3) is 0.278. The fourth-order valence-electron chi connectivity index (χ4n) is 2.34. The molecule has 0 aliphatic rings. The lowest BCUT2D eigenvalue weighted by Crippen LogP contribution is -2.24. The zero-order valence-corrected chi connectivity index (χ0v) is 13.9. The molecule has 1 amide bonds. The van der Waals surface area contributed by atoms with Crippen LogP contribution < -0.4 is 5.32 Å². The fourth-order valence-corrected chi connectivity index (χ4v) is 2.34. The first kappa shape index (κ1) is 17.5. The highest BCUT2D eigenvalue weighted by atomic mass is 16.5. The monoisotopic (exact) mass is 327 g/mol. The molecule has 0 bridgehead atoms. The van der Waals surface area contributed by atoms with Crippen molar-refractivity contribution < 1.29 is 14.3 Å². The minimum Gasteiger partial charge on any atom is -0.466 e. The van der Waals surface area contributed by atoms with E-state index in [1.54, 1.807) is 12.3 Å². The van der Waals surface area contributed by atoms with Crippen molar-refractivity contribution in [2.45, 2.75) is 19.9 Å². The Bertz CT molecular complexity index is 720. The number of hydrogen-bond acceptors (Lipinski definition) is 4. The first-order valence-corrected chi connectivity index (χ1v) is 7.77. The molecule has 0 atom stereocenters. The van der Waals surface area contributed by atoms with Crippen molar-refractivity contribution in [2.24, 2.45) is 0 Å². The number of amides is 1. The van der Waals surface area contributed by atoms with Gasteiger partial charge in [0.15, 0.2) is 0 Å². The number of aromatic nitrogens is 2. The minimum atomic E-state index is -0.450. The van der Waals surface area contributed by atoms with Crippen LogP contribution in [0.5, 0.6) is 0 Å². The predicted octanol–water partition coefficient (Wildman–Crippen LogP) is 1.95. The van der Waals surface area contributed by atoms with Gasteiger partial charge in [-0.2, -0.15) is 5.10 Å². The van der Waals surface area contributed by atoms with E-state index in [1.165, 1.54) is 13.2 Å². The molecular formula is C18H21N3O3. The maximum atomic E-state index is 12.3. The van der Waals surface area contributed by atoms with Gasteiger partial charge in [0.2, 0.25) is 0 Å². The van der Waals surface area contributed by atoms with Crippen molar-refractivity contribution in [3.63, 3.8) is 0 Å². The molecule has 24 heavy (non-hydrogen) atoms. The molecule has 1 N–H and O–H groups in total. The molecule has 0 radical (unpaired) electrons. The van der Waals surface area contributed by atoms with Crippen LogP contribution in [0.2, 0.25) is 0 Å². The van der Waals surface area contributed by atoms with E-state index in [-0.39, 0.29) is 12.5 Å². The van der Waals surface area contributed by atoms with Crippen LogP contribution >= 0.6 is 0 Å². The van der Waals surface area contributed by atoms with E-state index in [2.05, 4.69) is 15.2 Å². The van der Waals surface area contributed by atoms with Crippen LogP contribution in [0.25, 0.3) is 0 Å². The number of carbonyl (C=O) groups excluding carboxylic acids is 2. The number of esters is 1. The number of nitrogens with one attached hydrogen (secondary N) is 1. The van der Waals surface area contributed by atoms with Crippen molar-refractivity contribution >= 4 is 11.9 Å². The molecule has 6 heteroatoms.